The Bertz CT molecular complexity index is 1110. The van der Waals surface area contributed by atoms with Gasteiger partial charge in [-0.1, -0.05) is 12.1 Å². The molecule has 2 aliphatic rings. The van der Waals surface area contributed by atoms with Gasteiger partial charge in [-0.2, -0.15) is 5.26 Å². The molecule has 0 saturated carbocycles. The van der Waals surface area contributed by atoms with Crippen LogP contribution >= 0.6 is 0 Å². The van der Waals surface area contributed by atoms with Gasteiger partial charge in [0, 0.05) is 25.8 Å². The number of fused-ring (bicyclic) bond motifs is 1. The smallest absolute Gasteiger partial charge is 0.410 e. The number of nitrogens with zero attached hydrogens (tertiary/aromatic N) is 4. The van der Waals surface area contributed by atoms with E-state index in [9.17, 15) is 10.1 Å². The summed E-state index contributed by atoms with van der Waals surface area (Å²) < 4.78 is 11.3. The Morgan fingerprint density at radius 3 is 2.74 bits per heavy atom. The Morgan fingerprint density at radius 2 is 2.06 bits per heavy atom. The normalized spacial score (nSPS) is 17.2. The highest BCUT2D eigenvalue weighted by Crippen LogP contribution is 2.36. The lowest BCUT2D eigenvalue weighted by atomic mass is 9.97. The molecule has 2 aliphatic heterocycles. The number of carbonyl (C=O) groups is 1. The molecule has 1 aromatic carbocycles. The van der Waals surface area contributed by atoms with Crippen molar-refractivity contribution in [2.24, 2.45) is 5.92 Å². The molecule has 2 N–H and O–H groups in total. The van der Waals surface area contributed by atoms with Crippen molar-refractivity contribution in [2.45, 2.75) is 46.1 Å². The van der Waals surface area contributed by atoms with E-state index in [0.717, 1.165) is 24.1 Å². The number of hydrogen-bond acceptors (Lipinski definition) is 8. The molecule has 0 bridgehead atoms. The van der Waals surface area contributed by atoms with E-state index in [1.165, 1.54) is 0 Å². The number of nitriles is 1. The van der Waals surface area contributed by atoms with E-state index < -0.39 is 5.60 Å². The van der Waals surface area contributed by atoms with Gasteiger partial charge < -0.3 is 25.0 Å². The van der Waals surface area contributed by atoms with Crippen molar-refractivity contribution in [3.8, 4) is 11.8 Å². The summed E-state index contributed by atoms with van der Waals surface area (Å²) in [6, 6.07) is 9.75. The van der Waals surface area contributed by atoms with E-state index in [2.05, 4.69) is 26.7 Å². The summed E-state index contributed by atoms with van der Waals surface area (Å²) in [5.41, 5.74) is 1.95. The van der Waals surface area contributed by atoms with E-state index in [-0.39, 0.29) is 6.09 Å². The number of likely N-dealkylation sites (tertiary alicyclic amines) is 1. The van der Waals surface area contributed by atoms with Gasteiger partial charge in [-0.25, -0.2) is 14.8 Å². The molecule has 1 aromatic heterocycles. The predicted molar refractivity (Wildman–Crippen MR) is 129 cm³/mol. The number of carbonyl (C=O) groups excluding carboxylic acids is 1. The fourth-order valence-corrected chi connectivity index (χ4v) is 3.90. The van der Waals surface area contributed by atoms with Crippen molar-refractivity contribution in [1.82, 2.24) is 14.9 Å². The minimum absolute atomic E-state index is 0.257. The number of rotatable bonds is 4. The van der Waals surface area contributed by atoms with E-state index in [1.807, 2.05) is 52.0 Å². The van der Waals surface area contributed by atoms with Crippen LogP contribution < -0.4 is 15.4 Å². The Morgan fingerprint density at radius 1 is 1.32 bits per heavy atom. The third kappa shape index (κ3) is 5.39. The fourth-order valence-electron chi connectivity index (χ4n) is 3.90. The number of hydrogen-bond donors (Lipinski definition) is 2. The minimum atomic E-state index is -0.491. The van der Waals surface area contributed by atoms with Crippen LogP contribution in [0.1, 0.15) is 44.9 Å². The average molecular weight is 463 g/mol. The monoisotopic (exact) mass is 462 g/mol. The first-order valence-electron chi connectivity index (χ1n) is 11.5. The third-order valence-electron chi connectivity index (χ3n) is 5.71. The van der Waals surface area contributed by atoms with E-state index >= 15 is 0 Å². The second-order valence-electron chi connectivity index (χ2n) is 9.56. The van der Waals surface area contributed by atoms with Gasteiger partial charge >= 0.3 is 6.09 Å². The van der Waals surface area contributed by atoms with E-state index in [1.54, 1.807) is 11.1 Å². The molecule has 1 fully saturated rings. The van der Waals surface area contributed by atoms with Crippen molar-refractivity contribution in [2.75, 3.05) is 30.3 Å². The fraction of sp³-hybridized carbons (Fsp3) is 0.440. The molecule has 9 heteroatoms. The first-order chi connectivity index (χ1) is 16.2. The first kappa shape index (κ1) is 23.4. The highest BCUT2D eigenvalue weighted by atomic mass is 16.6. The summed E-state index contributed by atoms with van der Waals surface area (Å²) in [4.78, 5) is 23.0. The van der Waals surface area contributed by atoms with Crippen LogP contribution in [0, 0.1) is 24.2 Å². The largest absolute Gasteiger partial charge is 0.444 e. The van der Waals surface area contributed by atoms with Crippen LogP contribution in [0.5, 0.6) is 5.75 Å². The van der Waals surface area contributed by atoms with Gasteiger partial charge in [0.2, 0.25) is 11.8 Å². The number of piperidine rings is 1. The maximum absolute atomic E-state index is 12.3. The van der Waals surface area contributed by atoms with Crippen LogP contribution in [0.3, 0.4) is 0 Å². The van der Waals surface area contributed by atoms with E-state index in [4.69, 9.17) is 9.47 Å². The Labute approximate surface area is 199 Å². The molecule has 0 aliphatic carbocycles. The van der Waals surface area contributed by atoms with Crippen LogP contribution in [0.15, 0.2) is 36.3 Å². The molecule has 178 valence electrons. The zero-order valence-electron chi connectivity index (χ0n) is 20.0. The summed E-state index contributed by atoms with van der Waals surface area (Å²) >= 11 is 0. The molecule has 1 amide bonds. The van der Waals surface area contributed by atoms with Gasteiger partial charge in [0.15, 0.2) is 5.75 Å². The average Bonchev–Trinajstić information content (AvgIpc) is 3.23. The summed E-state index contributed by atoms with van der Waals surface area (Å²) in [6.45, 7) is 9.50. The standard InChI is InChI=1S/C25H30N6O3/c1-16-14-27-23(28-15-17-9-11-31(12-10-17)24(32)34-25(2,3)4)30-21(16)18(13-26)22-29-19-7-5-6-8-20(19)33-22/h5-8,14,17,29H,9-12,15H2,1-4H3,(H,27,28,30)/b22-18+. The topological polar surface area (TPSA) is 112 Å². The number of anilines is 2. The van der Waals surface area contributed by atoms with Gasteiger partial charge in [0.1, 0.15) is 17.2 Å². The quantitative estimate of drug-likeness (QED) is 0.637. The van der Waals surface area contributed by atoms with Gasteiger partial charge in [0.25, 0.3) is 0 Å². The molecule has 1 saturated heterocycles. The van der Waals surface area contributed by atoms with Crippen molar-refractivity contribution < 1.29 is 14.3 Å². The Balaban J connectivity index is 1.39. The minimum Gasteiger partial charge on any atom is -0.444 e. The van der Waals surface area contributed by atoms with Crippen LogP contribution in [-0.4, -0.2) is 46.2 Å². The number of benzene rings is 1. The number of para-hydroxylation sites is 2. The molecular formula is C25H30N6O3. The number of aryl methyl sites for hydroxylation is 1. The van der Waals surface area contributed by atoms with Crippen LogP contribution in [0.25, 0.3) is 5.57 Å². The van der Waals surface area contributed by atoms with Crippen LogP contribution in [-0.2, 0) is 4.74 Å². The molecule has 0 spiro atoms. The predicted octanol–water partition coefficient (Wildman–Crippen LogP) is 4.54. The van der Waals surface area contributed by atoms with Crippen molar-refractivity contribution in [1.29, 1.82) is 5.26 Å². The number of aromatic nitrogens is 2. The highest BCUT2D eigenvalue weighted by Gasteiger charge is 2.27. The van der Waals surface area contributed by atoms with E-state index in [0.29, 0.717) is 54.4 Å². The summed E-state index contributed by atoms with van der Waals surface area (Å²) in [5.74, 6) is 1.88. The Hall–Kier alpha value is -3.80. The molecule has 9 nitrogen and oxygen atoms in total. The second-order valence-corrected chi connectivity index (χ2v) is 9.56. The second kappa shape index (κ2) is 9.59. The van der Waals surface area contributed by atoms with Crippen molar-refractivity contribution >= 4 is 23.3 Å². The van der Waals surface area contributed by atoms with Crippen molar-refractivity contribution in [3.63, 3.8) is 0 Å². The van der Waals surface area contributed by atoms with Crippen molar-refractivity contribution in [3.05, 3.63) is 47.6 Å². The molecule has 3 heterocycles. The number of ether oxygens (including phenoxy) is 2. The zero-order valence-corrected chi connectivity index (χ0v) is 20.0. The molecule has 4 rings (SSSR count). The lowest BCUT2D eigenvalue weighted by Gasteiger charge is -2.33. The van der Waals surface area contributed by atoms with Crippen LogP contribution in [0.4, 0.5) is 16.4 Å². The molecule has 0 unspecified atom stereocenters. The van der Waals surface area contributed by atoms with Gasteiger partial charge in [-0.05, 0) is 64.2 Å². The summed E-state index contributed by atoms with van der Waals surface area (Å²) in [5, 5.41) is 16.3. The SMILES string of the molecule is Cc1cnc(NCC2CCN(C(=O)OC(C)(C)C)CC2)nc1/C(C#N)=C1\Nc2ccccc2O1. The number of nitrogens with one attached hydrogen (secondary N) is 2. The summed E-state index contributed by atoms with van der Waals surface area (Å²) in [7, 11) is 0. The van der Waals surface area contributed by atoms with Gasteiger partial charge in [0.05, 0.1) is 11.4 Å². The summed E-state index contributed by atoms with van der Waals surface area (Å²) in [6.07, 6.45) is 3.19. The lowest BCUT2D eigenvalue weighted by molar-refractivity contribution is 0.0188. The molecule has 0 atom stereocenters. The van der Waals surface area contributed by atoms with Crippen LogP contribution in [0.2, 0.25) is 0 Å². The maximum Gasteiger partial charge on any atom is 0.410 e. The Kier molecular flexibility index (Phi) is 6.59. The molecule has 34 heavy (non-hydrogen) atoms. The number of amides is 1. The maximum atomic E-state index is 12.3. The molecule has 0 radical (unpaired) electrons. The van der Waals surface area contributed by atoms with Gasteiger partial charge in [-0.3, -0.25) is 0 Å². The molecule has 2 aromatic rings. The van der Waals surface area contributed by atoms with Gasteiger partial charge in [-0.15, -0.1) is 0 Å². The first-order valence-corrected chi connectivity index (χ1v) is 11.5. The molecular weight excluding hydrogens is 432 g/mol. The zero-order chi connectivity index (χ0) is 24.3. The number of allylic oxidation sites excluding steroid dienone is 1. The highest BCUT2D eigenvalue weighted by molar-refractivity contribution is 5.83. The lowest BCUT2D eigenvalue weighted by Crippen LogP contribution is -2.42. The third-order valence-corrected chi connectivity index (χ3v) is 5.71.